The molecule has 104 valence electrons. The Morgan fingerprint density at radius 2 is 1.80 bits per heavy atom. The number of hydrogen-bond donors (Lipinski definition) is 2. The van der Waals surface area contributed by atoms with Crippen molar-refractivity contribution < 1.29 is 13.6 Å². The van der Waals surface area contributed by atoms with Crippen molar-refractivity contribution in [2.75, 3.05) is 11.1 Å². The Bertz CT molecular complexity index is 692. The van der Waals surface area contributed by atoms with Crippen LogP contribution in [0.4, 0.5) is 20.2 Å². The molecule has 0 spiro atoms. The summed E-state index contributed by atoms with van der Waals surface area (Å²) < 4.78 is 27.6. The lowest BCUT2D eigenvalue weighted by molar-refractivity contribution is 0.102. The highest BCUT2D eigenvalue weighted by Gasteiger charge is 2.14. The second-order valence-corrected chi connectivity index (χ2v) is 5.70. The molecule has 0 aliphatic heterocycles. The van der Waals surface area contributed by atoms with Crippen molar-refractivity contribution in [3.8, 4) is 0 Å². The molecule has 0 saturated heterocycles. The van der Waals surface area contributed by atoms with Crippen LogP contribution in [0, 0.1) is 11.6 Å². The van der Waals surface area contributed by atoms with E-state index in [0.717, 1.165) is 12.1 Å². The van der Waals surface area contributed by atoms with Gasteiger partial charge in [-0.2, -0.15) is 0 Å². The number of halogens is 4. The van der Waals surface area contributed by atoms with Crippen molar-refractivity contribution in [2.45, 2.75) is 0 Å². The maximum atomic E-state index is 13.6. The van der Waals surface area contributed by atoms with E-state index in [2.05, 4.69) is 37.2 Å². The first-order chi connectivity index (χ1) is 9.38. The average Bonchev–Trinajstić information content (AvgIpc) is 2.38. The van der Waals surface area contributed by atoms with E-state index in [0.29, 0.717) is 4.47 Å². The van der Waals surface area contributed by atoms with Crippen LogP contribution in [0.3, 0.4) is 0 Å². The van der Waals surface area contributed by atoms with Gasteiger partial charge in [0.1, 0.15) is 11.6 Å². The number of nitrogen functional groups attached to an aromatic ring is 1. The van der Waals surface area contributed by atoms with Crippen molar-refractivity contribution in [1.29, 1.82) is 0 Å². The SMILES string of the molecule is Nc1ccc(Br)cc1C(=O)Nc1cc(F)c(Br)cc1F. The van der Waals surface area contributed by atoms with Gasteiger partial charge in [0.25, 0.3) is 5.91 Å². The van der Waals surface area contributed by atoms with E-state index in [1.165, 1.54) is 12.1 Å². The number of anilines is 2. The predicted octanol–water partition coefficient (Wildman–Crippen LogP) is 4.32. The van der Waals surface area contributed by atoms with Gasteiger partial charge in [-0.05, 0) is 40.2 Å². The summed E-state index contributed by atoms with van der Waals surface area (Å²) in [6.45, 7) is 0. The van der Waals surface area contributed by atoms with E-state index in [4.69, 9.17) is 5.73 Å². The Labute approximate surface area is 130 Å². The van der Waals surface area contributed by atoms with Crippen LogP contribution in [-0.4, -0.2) is 5.91 Å². The summed E-state index contributed by atoms with van der Waals surface area (Å²) >= 11 is 6.07. The standard InChI is InChI=1S/C13H8Br2F2N2O/c14-6-1-2-11(18)7(3-6)13(20)19-12-5-9(16)8(15)4-10(12)17/h1-5H,18H2,(H,19,20). The number of benzene rings is 2. The molecule has 0 aliphatic carbocycles. The van der Waals surface area contributed by atoms with Gasteiger partial charge in [0.05, 0.1) is 15.7 Å². The fourth-order valence-electron chi connectivity index (χ4n) is 1.53. The summed E-state index contributed by atoms with van der Waals surface area (Å²) in [4.78, 5) is 12.0. The molecule has 0 heterocycles. The maximum Gasteiger partial charge on any atom is 0.257 e. The van der Waals surface area contributed by atoms with Crippen LogP contribution in [0.2, 0.25) is 0 Å². The second kappa shape index (κ2) is 5.88. The number of rotatable bonds is 2. The molecular weight excluding hydrogens is 398 g/mol. The van der Waals surface area contributed by atoms with Crippen molar-refractivity contribution in [1.82, 2.24) is 0 Å². The van der Waals surface area contributed by atoms with E-state index in [1.54, 1.807) is 6.07 Å². The van der Waals surface area contributed by atoms with Crippen molar-refractivity contribution in [3.63, 3.8) is 0 Å². The van der Waals surface area contributed by atoms with E-state index < -0.39 is 17.5 Å². The van der Waals surface area contributed by atoms with Crippen LogP contribution in [0.15, 0.2) is 39.3 Å². The molecule has 0 aliphatic rings. The Morgan fingerprint density at radius 1 is 1.10 bits per heavy atom. The van der Waals surface area contributed by atoms with Crippen LogP contribution < -0.4 is 11.1 Å². The maximum absolute atomic E-state index is 13.6. The fourth-order valence-corrected chi connectivity index (χ4v) is 2.21. The third-order valence-corrected chi connectivity index (χ3v) is 3.62. The van der Waals surface area contributed by atoms with Gasteiger partial charge < -0.3 is 11.1 Å². The van der Waals surface area contributed by atoms with Crippen LogP contribution in [0.1, 0.15) is 10.4 Å². The van der Waals surface area contributed by atoms with Gasteiger partial charge in [-0.3, -0.25) is 4.79 Å². The Kier molecular flexibility index (Phi) is 4.39. The largest absolute Gasteiger partial charge is 0.398 e. The Hall–Kier alpha value is -1.47. The fraction of sp³-hybridized carbons (Fsp3) is 0. The molecule has 7 heteroatoms. The van der Waals surface area contributed by atoms with Crippen LogP contribution >= 0.6 is 31.9 Å². The Morgan fingerprint density at radius 3 is 2.50 bits per heavy atom. The summed E-state index contributed by atoms with van der Waals surface area (Å²) in [5, 5.41) is 2.29. The zero-order valence-electron chi connectivity index (χ0n) is 9.88. The molecule has 0 unspecified atom stereocenters. The number of nitrogens with one attached hydrogen (secondary N) is 1. The minimum Gasteiger partial charge on any atom is -0.398 e. The van der Waals surface area contributed by atoms with Gasteiger partial charge >= 0.3 is 0 Å². The van der Waals surface area contributed by atoms with Gasteiger partial charge in [0.15, 0.2) is 0 Å². The zero-order chi connectivity index (χ0) is 14.9. The molecular formula is C13H8Br2F2N2O. The van der Waals surface area contributed by atoms with Crippen molar-refractivity contribution >= 4 is 49.1 Å². The smallest absolute Gasteiger partial charge is 0.257 e. The lowest BCUT2D eigenvalue weighted by Gasteiger charge is -2.09. The van der Waals surface area contributed by atoms with Crippen LogP contribution in [-0.2, 0) is 0 Å². The molecule has 0 aromatic heterocycles. The molecule has 0 atom stereocenters. The molecule has 0 bridgehead atoms. The average molecular weight is 406 g/mol. The lowest BCUT2D eigenvalue weighted by Crippen LogP contribution is -2.15. The summed E-state index contributed by atoms with van der Waals surface area (Å²) in [6.07, 6.45) is 0. The van der Waals surface area contributed by atoms with E-state index in [-0.39, 0.29) is 21.4 Å². The number of carbonyl (C=O) groups excluding carboxylic acids is 1. The van der Waals surface area contributed by atoms with Crippen molar-refractivity contribution in [2.24, 2.45) is 0 Å². The molecule has 0 radical (unpaired) electrons. The first kappa shape index (κ1) is 14.9. The summed E-state index contributed by atoms with van der Waals surface area (Å²) in [5.74, 6) is -2.05. The molecule has 20 heavy (non-hydrogen) atoms. The summed E-state index contributed by atoms with van der Waals surface area (Å²) in [5.41, 5.74) is 5.83. The molecule has 2 aromatic rings. The van der Waals surface area contributed by atoms with Gasteiger partial charge in [-0.1, -0.05) is 15.9 Å². The molecule has 2 aromatic carbocycles. The van der Waals surface area contributed by atoms with Gasteiger partial charge in [0, 0.05) is 16.2 Å². The van der Waals surface area contributed by atoms with Crippen LogP contribution in [0.5, 0.6) is 0 Å². The number of hydrogen-bond acceptors (Lipinski definition) is 2. The van der Waals surface area contributed by atoms with E-state index in [1.807, 2.05) is 0 Å². The first-order valence-electron chi connectivity index (χ1n) is 5.39. The number of amides is 1. The second-order valence-electron chi connectivity index (χ2n) is 3.93. The molecule has 1 amide bonds. The Balaban J connectivity index is 2.32. The summed E-state index contributed by atoms with van der Waals surface area (Å²) in [6, 6.07) is 6.54. The van der Waals surface area contributed by atoms with E-state index >= 15 is 0 Å². The minimum atomic E-state index is -0.750. The van der Waals surface area contributed by atoms with Gasteiger partial charge in [0.2, 0.25) is 0 Å². The first-order valence-corrected chi connectivity index (χ1v) is 6.98. The highest BCUT2D eigenvalue weighted by molar-refractivity contribution is 9.10. The monoisotopic (exact) mass is 404 g/mol. The predicted molar refractivity (Wildman–Crippen MR) is 80.6 cm³/mol. The quantitative estimate of drug-likeness (QED) is 0.577. The third kappa shape index (κ3) is 3.16. The molecule has 2 rings (SSSR count). The van der Waals surface area contributed by atoms with Gasteiger partial charge in [-0.15, -0.1) is 0 Å². The highest BCUT2D eigenvalue weighted by atomic mass is 79.9. The lowest BCUT2D eigenvalue weighted by atomic mass is 10.1. The highest BCUT2D eigenvalue weighted by Crippen LogP contribution is 2.25. The molecule has 0 fully saturated rings. The molecule has 0 saturated carbocycles. The normalized spacial score (nSPS) is 10.4. The topological polar surface area (TPSA) is 55.1 Å². The molecule has 3 N–H and O–H groups in total. The van der Waals surface area contributed by atoms with Crippen molar-refractivity contribution in [3.05, 3.63) is 56.5 Å². The van der Waals surface area contributed by atoms with Crippen LogP contribution in [0.25, 0.3) is 0 Å². The minimum absolute atomic E-state index is 0.0185. The third-order valence-electron chi connectivity index (χ3n) is 2.52. The summed E-state index contributed by atoms with van der Waals surface area (Å²) in [7, 11) is 0. The number of carbonyl (C=O) groups is 1. The van der Waals surface area contributed by atoms with E-state index in [9.17, 15) is 13.6 Å². The molecule has 3 nitrogen and oxygen atoms in total. The number of nitrogens with two attached hydrogens (primary N) is 1. The zero-order valence-corrected chi connectivity index (χ0v) is 13.1. The van der Waals surface area contributed by atoms with Gasteiger partial charge in [-0.25, -0.2) is 8.78 Å².